The first-order chi connectivity index (χ1) is 12.0. The van der Waals surface area contributed by atoms with Crippen molar-refractivity contribution in [3.05, 3.63) is 55.8 Å². The van der Waals surface area contributed by atoms with Crippen LogP contribution >= 0.6 is 46.1 Å². The lowest BCUT2D eigenvalue weighted by atomic mass is 10.2. The maximum atomic E-state index is 12.1. The van der Waals surface area contributed by atoms with E-state index >= 15 is 0 Å². The van der Waals surface area contributed by atoms with Crippen LogP contribution in [0, 0.1) is 3.57 Å². The highest BCUT2D eigenvalue weighted by molar-refractivity contribution is 14.1. The summed E-state index contributed by atoms with van der Waals surface area (Å²) in [5.41, 5.74) is 5.35. The van der Waals surface area contributed by atoms with Crippen molar-refractivity contribution in [2.45, 2.75) is 0 Å². The van der Waals surface area contributed by atoms with Gasteiger partial charge in [-0.2, -0.15) is 0 Å². The molecule has 0 atom stereocenters. The summed E-state index contributed by atoms with van der Waals surface area (Å²) in [6, 6.07) is 8.79. The van der Waals surface area contributed by atoms with Gasteiger partial charge in [-0.05, 0) is 70.5 Å². The highest BCUT2D eigenvalue weighted by Gasteiger charge is 2.09. The van der Waals surface area contributed by atoms with Gasteiger partial charge in [-0.1, -0.05) is 6.07 Å². The predicted molar refractivity (Wildman–Crippen MR) is 110 cm³/mol. The van der Waals surface area contributed by atoms with Crippen LogP contribution in [-0.4, -0.2) is 24.0 Å². The van der Waals surface area contributed by atoms with Crippen LogP contribution < -0.4 is 20.9 Å². The molecule has 1 heterocycles. The van der Waals surface area contributed by atoms with Crippen molar-refractivity contribution in [1.82, 2.24) is 16.2 Å². The number of amides is 2. The second kappa shape index (κ2) is 9.49. The van der Waals surface area contributed by atoms with Crippen LogP contribution in [0.15, 0.2) is 41.8 Å². The van der Waals surface area contributed by atoms with Crippen LogP contribution in [-0.2, 0) is 4.79 Å². The molecule has 0 aliphatic carbocycles. The molecule has 2 amide bonds. The lowest BCUT2D eigenvalue weighted by Gasteiger charge is -2.10. The standard InChI is InChI=1S/C16H14IN3O3S2/c1-23-13-6-4-10(9-12(13)17)15(22)19-20-16(24)18-14(21)7-5-11-3-2-8-25-11/h2-9H,1H3,(H,19,22)(H2,18,20,21,24)/b7-5+. The fraction of sp³-hybridized carbons (Fsp3) is 0.0625. The number of benzene rings is 1. The number of ether oxygens (including phenoxy) is 1. The van der Waals surface area contributed by atoms with E-state index in [0.717, 1.165) is 8.45 Å². The quantitative estimate of drug-likeness (QED) is 0.268. The van der Waals surface area contributed by atoms with Crippen molar-refractivity contribution in [2.24, 2.45) is 0 Å². The molecule has 0 saturated carbocycles. The van der Waals surface area contributed by atoms with Crippen molar-refractivity contribution in [2.75, 3.05) is 7.11 Å². The predicted octanol–water partition coefficient (Wildman–Crippen LogP) is 2.71. The maximum absolute atomic E-state index is 12.1. The van der Waals surface area contributed by atoms with E-state index in [1.54, 1.807) is 31.4 Å². The minimum Gasteiger partial charge on any atom is -0.496 e. The smallest absolute Gasteiger partial charge is 0.269 e. The Labute approximate surface area is 167 Å². The van der Waals surface area contributed by atoms with Gasteiger partial charge in [0.2, 0.25) is 5.91 Å². The summed E-state index contributed by atoms with van der Waals surface area (Å²) in [4.78, 5) is 24.8. The van der Waals surface area contributed by atoms with Gasteiger partial charge in [0.15, 0.2) is 5.11 Å². The van der Waals surface area contributed by atoms with Gasteiger partial charge in [0.1, 0.15) is 5.75 Å². The van der Waals surface area contributed by atoms with E-state index in [4.69, 9.17) is 17.0 Å². The number of hydrazine groups is 1. The van der Waals surface area contributed by atoms with Crippen LogP contribution in [0.1, 0.15) is 15.2 Å². The lowest BCUT2D eigenvalue weighted by Crippen LogP contribution is -2.48. The zero-order valence-corrected chi connectivity index (χ0v) is 16.8. The summed E-state index contributed by atoms with van der Waals surface area (Å²) < 4.78 is 5.95. The molecule has 6 nitrogen and oxygen atoms in total. The van der Waals surface area contributed by atoms with E-state index in [2.05, 4.69) is 38.8 Å². The van der Waals surface area contributed by atoms with Crippen molar-refractivity contribution in [3.8, 4) is 5.75 Å². The Balaban J connectivity index is 1.82. The van der Waals surface area contributed by atoms with Gasteiger partial charge < -0.3 is 4.74 Å². The van der Waals surface area contributed by atoms with Gasteiger partial charge in [0.05, 0.1) is 10.7 Å². The SMILES string of the molecule is COc1ccc(C(=O)NNC(=S)NC(=O)/C=C/c2cccs2)cc1I. The molecule has 3 N–H and O–H groups in total. The molecule has 130 valence electrons. The third-order valence-corrected chi connectivity index (χ3v) is 4.77. The summed E-state index contributed by atoms with van der Waals surface area (Å²) in [7, 11) is 1.56. The number of methoxy groups -OCH3 is 1. The van der Waals surface area contributed by atoms with Crippen LogP contribution in [0.3, 0.4) is 0 Å². The number of thiophene rings is 1. The van der Waals surface area contributed by atoms with Gasteiger partial charge >= 0.3 is 0 Å². The Morgan fingerprint density at radius 1 is 1.28 bits per heavy atom. The minimum atomic E-state index is -0.390. The molecule has 0 spiro atoms. The maximum Gasteiger partial charge on any atom is 0.269 e. The fourth-order valence-corrected chi connectivity index (χ4v) is 3.23. The van der Waals surface area contributed by atoms with Crippen LogP contribution in [0.25, 0.3) is 6.08 Å². The number of hydrogen-bond donors (Lipinski definition) is 3. The van der Waals surface area contributed by atoms with Crippen molar-refractivity contribution < 1.29 is 14.3 Å². The Hall–Kier alpha value is -1.98. The van der Waals surface area contributed by atoms with E-state index in [0.29, 0.717) is 11.3 Å². The first kappa shape index (κ1) is 19.3. The Kier molecular flexibility index (Phi) is 7.34. The molecule has 0 unspecified atom stereocenters. The second-order valence-corrected chi connectivity index (χ2v) is 7.15. The van der Waals surface area contributed by atoms with Gasteiger partial charge in [-0.25, -0.2) is 0 Å². The first-order valence-corrected chi connectivity index (χ1v) is 9.32. The molecular weight excluding hydrogens is 473 g/mol. The monoisotopic (exact) mass is 487 g/mol. The van der Waals surface area contributed by atoms with Gasteiger partial charge in [-0.3, -0.25) is 25.8 Å². The molecule has 0 aliphatic rings. The number of thiocarbonyl (C=S) groups is 1. The van der Waals surface area contributed by atoms with Crippen molar-refractivity contribution in [1.29, 1.82) is 0 Å². The number of rotatable bonds is 4. The molecular formula is C16H14IN3O3S2. The van der Waals surface area contributed by atoms with E-state index in [1.807, 2.05) is 17.5 Å². The zero-order valence-electron chi connectivity index (χ0n) is 13.0. The molecule has 2 rings (SSSR count). The number of carbonyl (C=O) groups is 2. The number of hydrogen-bond acceptors (Lipinski definition) is 5. The molecule has 1 aromatic carbocycles. The summed E-state index contributed by atoms with van der Waals surface area (Å²) in [5.74, 6) is -0.0872. The summed E-state index contributed by atoms with van der Waals surface area (Å²) in [6.45, 7) is 0. The summed E-state index contributed by atoms with van der Waals surface area (Å²) in [6.07, 6.45) is 3.05. The number of halogens is 1. The zero-order chi connectivity index (χ0) is 18.2. The molecule has 9 heteroatoms. The molecule has 0 aliphatic heterocycles. The highest BCUT2D eigenvalue weighted by Crippen LogP contribution is 2.21. The normalized spacial score (nSPS) is 10.3. The number of nitrogens with one attached hydrogen (secondary N) is 3. The van der Waals surface area contributed by atoms with Crippen molar-refractivity contribution in [3.63, 3.8) is 0 Å². The Morgan fingerprint density at radius 2 is 2.08 bits per heavy atom. The van der Waals surface area contributed by atoms with Gasteiger partial charge in [-0.15, -0.1) is 11.3 Å². The highest BCUT2D eigenvalue weighted by atomic mass is 127. The largest absolute Gasteiger partial charge is 0.496 e. The molecule has 0 saturated heterocycles. The second-order valence-electron chi connectivity index (χ2n) is 4.60. The van der Waals surface area contributed by atoms with Crippen LogP contribution in [0.4, 0.5) is 0 Å². The Bertz CT molecular complexity index is 807. The van der Waals surface area contributed by atoms with E-state index in [1.165, 1.54) is 17.4 Å². The number of carbonyl (C=O) groups excluding carboxylic acids is 2. The lowest BCUT2D eigenvalue weighted by molar-refractivity contribution is -0.115. The van der Waals surface area contributed by atoms with E-state index in [-0.39, 0.29) is 16.9 Å². The van der Waals surface area contributed by atoms with Gasteiger partial charge in [0.25, 0.3) is 5.91 Å². The molecule has 0 fully saturated rings. The van der Waals surface area contributed by atoms with Crippen LogP contribution in [0.2, 0.25) is 0 Å². The topological polar surface area (TPSA) is 79.5 Å². The van der Waals surface area contributed by atoms with E-state index in [9.17, 15) is 9.59 Å². The van der Waals surface area contributed by atoms with Crippen molar-refractivity contribution >= 4 is 69.1 Å². The first-order valence-electron chi connectivity index (χ1n) is 6.96. The third kappa shape index (κ3) is 6.11. The summed E-state index contributed by atoms with van der Waals surface area (Å²) >= 11 is 8.56. The fourth-order valence-electron chi connectivity index (χ4n) is 1.72. The minimum absolute atomic E-state index is 0.00242. The molecule has 25 heavy (non-hydrogen) atoms. The summed E-state index contributed by atoms with van der Waals surface area (Å²) in [5, 5.41) is 4.36. The Morgan fingerprint density at radius 3 is 2.72 bits per heavy atom. The molecule has 1 aromatic heterocycles. The molecule has 0 bridgehead atoms. The van der Waals surface area contributed by atoms with E-state index < -0.39 is 0 Å². The van der Waals surface area contributed by atoms with Crippen LogP contribution in [0.5, 0.6) is 5.75 Å². The molecule has 0 radical (unpaired) electrons. The molecule has 2 aromatic rings. The van der Waals surface area contributed by atoms with Gasteiger partial charge in [0, 0.05) is 16.5 Å². The third-order valence-electron chi connectivity index (χ3n) is 2.88. The average Bonchev–Trinajstić information content (AvgIpc) is 3.11. The average molecular weight is 487 g/mol.